The summed E-state index contributed by atoms with van der Waals surface area (Å²) >= 11 is 0. The molecule has 7 rings (SSSR count). The number of nitrogens with two attached hydrogens (primary N) is 1. The molecule has 3 aliphatic rings. The number of amides is 4. The Hall–Kier alpha value is -5.32. The predicted octanol–water partition coefficient (Wildman–Crippen LogP) is 4.42. The minimum atomic E-state index is -0.952. The van der Waals surface area contributed by atoms with Gasteiger partial charge in [-0.15, -0.1) is 0 Å². The second kappa shape index (κ2) is 10.6. The summed E-state index contributed by atoms with van der Waals surface area (Å²) in [5.41, 5.74) is 6.93. The predicted molar refractivity (Wildman–Crippen MR) is 175 cm³/mol. The molecule has 4 heterocycles. The fourth-order valence-corrected chi connectivity index (χ4v) is 6.90. The molecule has 0 bridgehead atoms. The zero-order chi connectivity index (χ0) is 33.3. The van der Waals surface area contributed by atoms with E-state index in [1.54, 1.807) is 62.1 Å². The number of fused-ring (bicyclic) bond motifs is 3. The molecule has 2 fully saturated rings. The first-order valence-corrected chi connectivity index (χ1v) is 15.7. The van der Waals surface area contributed by atoms with E-state index in [0.717, 1.165) is 33.2 Å². The SMILES string of the molecule is CN(C(=O)OC(C)(C)C)C1(C(=O)N2CC3(C2)C(=O)N(Cc2ncc4ccccc4c2-c2ccc(C(N)=O)nc2)c2ccccc23)CC1. The van der Waals surface area contributed by atoms with Crippen molar-refractivity contribution in [3.8, 4) is 11.1 Å². The maximum absolute atomic E-state index is 14.4. The molecule has 1 spiro atoms. The molecule has 2 aliphatic heterocycles. The van der Waals surface area contributed by atoms with Gasteiger partial charge < -0.3 is 20.3 Å². The monoisotopic (exact) mass is 632 g/mol. The van der Waals surface area contributed by atoms with Crippen LogP contribution in [-0.2, 0) is 26.3 Å². The number of rotatable bonds is 6. The Morgan fingerprint density at radius 2 is 1.66 bits per heavy atom. The number of benzene rings is 2. The molecule has 47 heavy (non-hydrogen) atoms. The lowest BCUT2D eigenvalue weighted by Gasteiger charge is -2.48. The first-order chi connectivity index (χ1) is 22.3. The van der Waals surface area contributed by atoms with Crippen LogP contribution in [0.15, 0.2) is 73.1 Å². The molecular weight excluding hydrogens is 596 g/mol. The average molecular weight is 633 g/mol. The van der Waals surface area contributed by atoms with Gasteiger partial charge in [0.1, 0.15) is 22.2 Å². The molecule has 2 N–H and O–H groups in total. The van der Waals surface area contributed by atoms with Crippen LogP contribution in [0.2, 0.25) is 0 Å². The van der Waals surface area contributed by atoms with Crippen LogP contribution in [0, 0.1) is 0 Å². The van der Waals surface area contributed by atoms with Crippen LogP contribution >= 0.6 is 0 Å². The molecule has 11 heteroatoms. The van der Waals surface area contributed by atoms with Crippen LogP contribution in [-0.4, -0.2) is 74.9 Å². The van der Waals surface area contributed by atoms with Crippen molar-refractivity contribution in [2.75, 3.05) is 25.0 Å². The van der Waals surface area contributed by atoms with E-state index >= 15 is 0 Å². The molecular formula is C36H36N6O5. The lowest BCUT2D eigenvalue weighted by atomic mass is 9.74. The standard InChI is InChI=1S/C36H36N6O5/c1-34(2,3)47-33(46)40(4)36(15-16-36)32(45)41-20-35(21-41)25-11-7-8-12-28(25)42(31(35)44)19-27-29(23-13-14-26(30(37)43)38-18-23)24-10-6-5-9-22(24)17-39-27/h5-14,17-18H,15-16,19-21H2,1-4H3,(H2,37,43). The van der Waals surface area contributed by atoms with Gasteiger partial charge >= 0.3 is 6.09 Å². The Morgan fingerprint density at radius 1 is 0.957 bits per heavy atom. The first-order valence-electron chi connectivity index (χ1n) is 15.7. The number of hydrogen-bond donors (Lipinski definition) is 1. The van der Waals surface area contributed by atoms with Crippen molar-refractivity contribution in [1.29, 1.82) is 0 Å². The number of primary amides is 1. The van der Waals surface area contributed by atoms with E-state index < -0.39 is 28.6 Å². The Labute approximate surface area is 272 Å². The van der Waals surface area contributed by atoms with Gasteiger partial charge in [0.2, 0.25) is 11.8 Å². The Bertz CT molecular complexity index is 1960. The number of hydrogen-bond acceptors (Lipinski definition) is 7. The normalized spacial score (nSPS) is 17.3. The third-order valence-corrected chi connectivity index (χ3v) is 9.50. The number of aromatic nitrogens is 2. The molecule has 4 aromatic rings. The maximum Gasteiger partial charge on any atom is 0.410 e. The number of nitrogens with zero attached hydrogens (tertiary/aromatic N) is 5. The molecule has 2 aromatic heterocycles. The maximum atomic E-state index is 14.4. The second-order valence-corrected chi connectivity index (χ2v) is 13.7. The number of para-hydroxylation sites is 1. The summed E-state index contributed by atoms with van der Waals surface area (Å²) in [5, 5.41) is 1.86. The molecule has 0 atom stereocenters. The van der Waals surface area contributed by atoms with Crippen molar-refractivity contribution < 1.29 is 23.9 Å². The molecule has 2 aromatic carbocycles. The molecule has 240 valence electrons. The minimum Gasteiger partial charge on any atom is -0.444 e. The summed E-state index contributed by atoms with van der Waals surface area (Å²) in [6.45, 7) is 6.01. The third-order valence-electron chi connectivity index (χ3n) is 9.50. The summed E-state index contributed by atoms with van der Waals surface area (Å²) in [5.74, 6) is -0.878. The summed E-state index contributed by atoms with van der Waals surface area (Å²) in [6.07, 6.45) is 3.96. The van der Waals surface area contributed by atoms with Gasteiger partial charge in [0, 0.05) is 54.7 Å². The van der Waals surface area contributed by atoms with Crippen molar-refractivity contribution in [3.63, 3.8) is 0 Å². The first kappa shape index (κ1) is 30.3. The quantitative estimate of drug-likeness (QED) is 0.332. The van der Waals surface area contributed by atoms with Crippen LogP contribution in [0.3, 0.4) is 0 Å². The van der Waals surface area contributed by atoms with E-state index in [4.69, 9.17) is 15.5 Å². The number of ether oxygens (including phenoxy) is 1. The van der Waals surface area contributed by atoms with E-state index in [2.05, 4.69) is 4.98 Å². The van der Waals surface area contributed by atoms with E-state index in [0.29, 0.717) is 18.5 Å². The van der Waals surface area contributed by atoms with Crippen LogP contribution in [0.5, 0.6) is 0 Å². The van der Waals surface area contributed by atoms with Gasteiger partial charge in [0.25, 0.3) is 5.91 Å². The van der Waals surface area contributed by atoms with Crippen LogP contribution < -0.4 is 10.6 Å². The molecule has 4 amide bonds. The van der Waals surface area contributed by atoms with Crippen LogP contribution in [0.4, 0.5) is 10.5 Å². The van der Waals surface area contributed by atoms with Gasteiger partial charge in [0.15, 0.2) is 0 Å². The lowest BCUT2D eigenvalue weighted by molar-refractivity contribution is -0.149. The highest BCUT2D eigenvalue weighted by molar-refractivity contribution is 6.11. The van der Waals surface area contributed by atoms with Crippen molar-refractivity contribution in [2.24, 2.45) is 5.73 Å². The van der Waals surface area contributed by atoms with Gasteiger partial charge in [-0.2, -0.15) is 0 Å². The number of likely N-dealkylation sites (N-methyl/N-ethyl adjacent to an activating group) is 1. The number of carbonyl (C=O) groups excluding carboxylic acids is 4. The molecule has 0 unspecified atom stereocenters. The summed E-state index contributed by atoms with van der Waals surface area (Å²) in [4.78, 5) is 66.8. The highest BCUT2D eigenvalue weighted by atomic mass is 16.6. The number of likely N-dealkylation sites (tertiary alicyclic amines) is 1. The topological polar surface area (TPSA) is 139 Å². The smallest absolute Gasteiger partial charge is 0.410 e. The van der Waals surface area contributed by atoms with Gasteiger partial charge in [0.05, 0.1) is 12.2 Å². The average Bonchev–Trinajstić information content (AvgIpc) is 3.80. The summed E-state index contributed by atoms with van der Waals surface area (Å²) < 4.78 is 5.54. The Balaban J connectivity index is 1.18. The largest absolute Gasteiger partial charge is 0.444 e. The zero-order valence-corrected chi connectivity index (χ0v) is 26.8. The minimum absolute atomic E-state index is 0.101. The fourth-order valence-electron chi connectivity index (χ4n) is 6.90. The molecule has 11 nitrogen and oxygen atoms in total. The number of pyridine rings is 2. The Morgan fingerprint density at radius 3 is 2.32 bits per heavy atom. The van der Waals surface area contributed by atoms with E-state index in [1.807, 2.05) is 48.5 Å². The van der Waals surface area contributed by atoms with Gasteiger partial charge in [-0.1, -0.05) is 48.5 Å². The fraction of sp³-hybridized carbons (Fsp3) is 0.333. The van der Waals surface area contributed by atoms with Gasteiger partial charge in [-0.05, 0) is 56.7 Å². The van der Waals surface area contributed by atoms with Crippen molar-refractivity contribution >= 4 is 40.3 Å². The Kier molecular flexibility index (Phi) is 6.85. The highest BCUT2D eigenvalue weighted by Gasteiger charge is 2.64. The van der Waals surface area contributed by atoms with Gasteiger partial charge in [-0.3, -0.25) is 29.3 Å². The van der Waals surface area contributed by atoms with Crippen molar-refractivity contribution in [2.45, 2.75) is 56.7 Å². The van der Waals surface area contributed by atoms with Crippen molar-refractivity contribution in [3.05, 3.63) is 90.0 Å². The lowest BCUT2D eigenvalue weighted by Crippen LogP contribution is -2.68. The summed E-state index contributed by atoms with van der Waals surface area (Å²) in [7, 11) is 1.61. The van der Waals surface area contributed by atoms with E-state index in [1.165, 1.54) is 4.90 Å². The summed E-state index contributed by atoms with van der Waals surface area (Å²) in [6, 6.07) is 18.9. The second-order valence-electron chi connectivity index (χ2n) is 13.7. The van der Waals surface area contributed by atoms with Gasteiger partial charge in [-0.25, -0.2) is 4.79 Å². The van der Waals surface area contributed by atoms with Crippen LogP contribution in [0.1, 0.15) is 55.4 Å². The molecule has 1 saturated carbocycles. The zero-order valence-electron chi connectivity index (χ0n) is 26.8. The number of anilines is 1. The molecule has 0 radical (unpaired) electrons. The van der Waals surface area contributed by atoms with E-state index in [-0.39, 0.29) is 37.1 Å². The number of carbonyl (C=O) groups is 4. The van der Waals surface area contributed by atoms with Crippen molar-refractivity contribution in [1.82, 2.24) is 19.8 Å². The van der Waals surface area contributed by atoms with E-state index in [9.17, 15) is 19.2 Å². The highest BCUT2D eigenvalue weighted by Crippen LogP contribution is 2.51. The molecule has 1 saturated heterocycles. The third kappa shape index (κ3) is 4.88. The van der Waals surface area contributed by atoms with Crippen LogP contribution in [0.25, 0.3) is 21.9 Å². The molecule has 1 aliphatic carbocycles.